The molecule has 5 heteroatoms. The number of anilines is 1. The minimum Gasteiger partial charge on any atom is -0.454 e. The molecule has 2 N–H and O–H groups in total. The van der Waals surface area contributed by atoms with Crippen LogP contribution in [-0.4, -0.2) is 25.8 Å². The van der Waals surface area contributed by atoms with Crippen molar-refractivity contribution in [2.24, 2.45) is 11.8 Å². The molecule has 1 saturated heterocycles. The number of likely N-dealkylation sites (tertiary alicyclic amines) is 1. The highest BCUT2D eigenvalue weighted by Gasteiger charge is 2.37. The van der Waals surface area contributed by atoms with E-state index in [4.69, 9.17) is 9.47 Å². The van der Waals surface area contributed by atoms with Crippen molar-refractivity contribution in [3.63, 3.8) is 0 Å². The van der Waals surface area contributed by atoms with Gasteiger partial charge in [-0.2, -0.15) is 0 Å². The van der Waals surface area contributed by atoms with E-state index in [1.807, 2.05) is 30.3 Å². The van der Waals surface area contributed by atoms with E-state index in [0.717, 1.165) is 35.8 Å². The number of carbonyl (C=O) groups is 1. The van der Waals surface area contributed by atoms with E-state index in [1.54, 1.807) is 0 Å². The molecule has 3 atom stereocenters. The van der Waals surface area contributed by atoms with Gasteiger partial charge in [-0.1, -0.05) is 39.8 Å². The van der Waals surface area contributed by atoms with Gasteiger partial charge in [0.15, 0.2) is 17.5 Å². The number of hydrogen-bond donors (Lipinski definition) is 2. The molecule has 30 heavy (non-hydrogen) atoms. The molecule has 160 valence electrons. The van der Waals surface area contributed by atoms with Crippen LogP contribution in [0.4, 0.5) is 5.69 Å². The number of amides is 1. The summed E-state index contributed by atoms with van der Waals surface area (Å²) in [5.41, 5.74) is 3.09. The minimum absolute atomic E-state index is 0.0301. The van der Waals surface area contributed by atoms with Gasteiger partial charge in [0.2, 0.25) is 6.79 Å². The fourth-order valence-electron chi connectivity index (χ4n) is 4.90. The molecule has 2 aliphatic rings. The highest BCUT2D eigenvalue weighted by molar-refractivity contribution is 5.94. The molecule has 0 saturated carbocycles. The molecule has 0 aliphatic carbocycles. The lowest BCUT2D eigenvalue weighted by Crippen LogP contribution is -3.15. The van der Waals surface area contributed by atoms with Crippen molar-refractivity contribution in [3.8, 4) is 11.5 Å². The van der Waals surface area contributed by atoms with Gasteiger partial charge in [0.25, 0.3) is 5.91 Å². The first-order valence-electron chi connectivity index (χ1n) is 11.1. The van der Waals surface area contributed by atoms with Crippen LogP contribution in [0.1, 0.15) is 57.2 Å². The Kier molecular flexibility index (Phi) is 6.00. The summed E-state index contributed by atoms with van der Waals surface area (Å²) in [6, 6.07) is 13.8. The second-order valence-corrected chi connectivity index (χ2v) is 9.32. The van der Waals surface area contributed by atoms with Gasteiger partial charge in [0.1, 0.15) is 0 Å². The summed E-state index contributed by atoms with van der Waals surface area (Å²) in [6.07, 6.45) is 1.22. The van der Waals surface area contributed by atoms with Crippen molar-refractivity contribution in [2.45, 2.75) is 46.1 Å². The first kappa shape index (κ1) is 20.7. The number of benzene rings is 2. The maximum absolute atomic E-state index is 13.5. The molecule has 1 amide bonds. The number of hydrogen-bond acceptors (Lipinski definition) is 3. The molecule has 1 fully saturated rings. The predicted molar refractivity (Wildman–Crippen MR) is 118 cm³/mol. The third-order valence-electron chi connectivity index (χ3n) is 6.27. The average Bonchev–Trinajstić information content (AvgIpc) is 3.16. The molecule has 4 rings (SSSR count). The summed E-state index contributed by atoms with van der Waals surface area (Å²) in [5, 5.41) is 3.17. The second-order valence-electron chi connectivity index (χ2n) is 9.32. The number of rotatable bonds is 5. The molecule has 5 nitrogen and oxygen atoms in total. The smallest absolute Gasteiger partial charge is 0.287 e. The van der Waals surface area contributed by atoms with Crippen LogP contribution in [0.15, 0.2) is 42.5 Å². The lowest BCUT2D eigenvalue weighted by molar-refractivity contribution is -0.933. The average molecular weight is 410 g/mol. The summed E-state index contributed by atoms with van der Waals surface area (Å²) < 4.78 is 11.1. The van der Waals surface area contributed by atoms with E-state index in [2.05, 4.69) is 45.1 Å². The van der Waals surface area contributed by atoms with Gasteiger partial charge in [0.05, 0.1) is 13.1 Å². The minimum atomic E-state index is -0.283. The van der Waals surface area contributed by atoms with E-state index >= 15 is 0 Å². The second kappa shape index (κ2) is 8.68. The quantitative estimate of drug-likeness (QED) is 0.790. The zero-order chi connectivity index (χ0) is 21.3. The van der Waals surface area contributed by atoms with Crippen LogP contribution in [-0.2, 0) is 4.79 Å². The standard InChI is InChI=1S/C25H32N2O3/c1-16(2)19-5-8-21(9-6-19)26-25(28)24(27-13-17(3)11-18(4)14-27)20-7-10-22-23(12-20)30-15-29-22/h5-10,12,16-18,24H,11,13-15H2,1-4H3,(H,26,28)/p+1. The Morgan fingerprint density at radius 3 is 2.27 bits per heavy atom. The number of ether oxygens (including phenoxy) is 2. The van der Waals surface area contributed by atoms with E-state index in [0.29, 0.717) is 17.8 Å². The van der Waals surface area contributed by atoms with Crippen molar-refractivity contribution in [1.29, 1.82) is 0 Å². The fourth-order valence-corrected chi connectivity index (χ4v) is 4.90. The molecule has 0 bridgehead atoms. The zero-order valence-electron chi connectivity index (χ0n) is 18.4. The Hall–Kier alpha value is -2.53. The number of quaternary nitrogens is 1. The Balaban J connectivity index is 1.61. The zero-order valence-corrected chi connectivity index (χ0v) is 18.4. The summed E-state index contributed by atoms with van der Waals surface area (Å²) in [7, 11) is 0. The number of fused-ring (bicyclic) bond motifs is 1. The third-order valence-corrected chi connectivity index (χ3v) is 6.27. The molecule has 3 unspecified atom stereocenters. The Morgan fingerprint density at radius 2 is 1.60 bits per heavy atom. The molecule has 2 aromatic carbocycles. The SMILES string of the molecule is CC1CC(C)C[NH+](C(C(=O)Nc2ccc(C(C)C)cc2)c2ccc3c(c2)OCO3)C1. The van der Waals surface area contributed by atoms with Crippen LogP contribution in [0, 0.1) is 11.8 Å². The lowest BCUT2D eigenvalue weighted by atomic mass is 9.89. The maximum atomic E-state index is 13.5. The van der Waals surface area contributed by atoms with Gasteiger partial charge in [-0.3, -0.25) is 4.79 Å². The van der Waals surface area contributed by atoms with E-state index in [9.17, 15) is 4.79 Å². The molecular weight excluding hydrogens is 376 g/mol. The van der Waals surface area contributed by atoms with Crippen LogP contribution in [0.2, 0.25) is 0 Å². The monoisotopic (exact) mass is 409 g/mol. The molecular formula is C25H33N2O3+. The summed E-state index contributed by atoms with van der Waals surface area (Å²) in [4.78, 5) is 14.9. The largest absolute Gasteiger partial charge is 0.454 e. The van der Waals surface area contributed by atoms with Crippen molar-refractivity contribution in [2.75, 3.05) is 25.2 Å². The van der Waals surface area contributed by atoms with Crippen molar-refractivity contribution in [3.05, 3.63) is 53.6 Å². The van der Waals surface area contributed by atoms with Crippen molar-refractivity contribution >= 4 is 11.6 Å². The van der Waals surface area contributed by atoms with Crippen LogP contribution in [0.3, 0.4) is 0 Å². The van der Waals surface area contributed by atoms with E-state index in [-0.39, 0.29) is 18.7 Å². The molecule has 0 aromatic heterocycles. The normalized spacial score (nSPS) is 24.0. The van der Waals surface area contributed by atoms with Gasteiger partial charge in [-0.15, -0.1) is 0 Å². The topological polar surface area (TPSA) is 52.0 Å². The van der Waals surface area contributed by atoms with Gasteiger partial charge in [-0.25, -0.2) is 0 Å². The Labute approximate surface area is 179 Å². The van der Waals surface area contributed by atoms with Gasteiger partial charge in [0, 0.05) is 23.1 Å². The summed E-state index contributed by atoms with van der Waals surface area (Å²) in [5.74, 6) is 3.16. The summed E-state index contributed by atoms with van der Waals surface area (Å²) >= 11 is 0. The highest BCUT2D eigenvalue weighted by Crippen LogP contribution is 2.34. The summed E-state index contributed by atoms with van der Waals surface area (Å²) in [6.45, 7) is 11.1. The van der Waals surface area contributed by atoms with Crippen molar-refractivity contribution < 1.29 is 19.2 Å². The third kappa shape index (κ3) is 4.46. The molecule has 2 aliphatic heterocycles. The number of carbonyl (C=O) groups excluding carboxylic acids is 1. The molecule has 2 heterocycles. The van der Waals surface area contributed by atoms with Crippen LogP contribution in [0.25, 0.3) is 0 Å². The Bertz CT molecular complexity index is 884. The number of nitrogens with one attached hydrogen (secondary N) is 2. The van der Waals surface area contributed by atoms with Crippen LogP contribution >= 0.6 is 0 Å². The predicted octanol–water partition coefficient (Wildman–Crippen LogP) is 3.78. The van der Waals surface area contributed by atoms with Gasteiger partial charge < -0.3 is 19.7 Å². The molecule has 0 spiro atoms. The maximum Gasteiger partial charge on any atom is 0.287 e. The molecule has 2 aromatic rings. The highest BCUT2D eigenvalue weighted by atomic mass is 16.7. The van der Waals surface area contributed by atoms with Crippen molar-refractivity contribution in [1.82, 2.24) is 0 Å². The fraction of sp³-hybridized carbons (Fsp3) is 0.480. The first-order chi connectivity index (χ1) is 14.4. The Morgan fingerprint density at radius 1 is 0.967 bits per heavy atom. The molecule has 0 radical (unpaired) electrons. The van der Waals surface area contributed by atoms with Gasteiger partial charge in [-0.05, 0) is 48.2 Å². The number of piperidine rings is 1. The first-order valence-corrected chi connectivity index (χ1v) is 11.1. The van der Waals surface area contributed by atoms with E-state index in [1.165, 1.54) is 16.9 Å². The van der Waals surface area contributed by atoms with Crippen LogP contribution in [0.5, 0.6) is 11.5 Å². The lowest BCUT2D eigenvalue weighted by Gasteiger charge is -2.36. The van der Waals surface area contributed by atoms with E-state index < -0.39 is 0 Å². The van der Waals surface area contributed by atoms with Crippen LogP contribution < -0.4 is 19.7 Å². The van der Waals surface area contributed by atoms with Gasteiger partial charge >= 0.3 is 0 Å².